The Morgan fingerprint density at radius 2 is 2.17 bits per heavy atom. The van der Waals surface area contributed by atoms with E-state index in [4.69, 9.17) is 10.5 Å². The lowest BCUT2D eigenvalue weighted by molar-refractivity contribution is -0.163. The van der Waals surface area contributed by atoms with Crippen LogP contribution >= 0.6 is 11.8 Å². The normalized spacial score (nSPS) is 28.0. The number of benzene rings is 1. The molecule has 2 heterocycles. The van der Waals surface area contributed by atoms with E-state index < -0.39 is 16.8 Å². The average Bonchev–Trinajstić information content (AvgIpc) is 2.81. The molecule has 6 heteroatoms. The van der Waals surface area contributed by atoms with Crippen molar-refractivity contribution in [2.24, 2.45) is 5.73 Å². The first-order valence-corrected chi connectivity index (χ1v) is 8.37. The highest BCUT2D eigenvalue weighted by molar-refractivity contribution is 8.01. The molecule has 3 rings (SSSR count). The van der Waals surface area contributed by atoms with Gasteiger partial charge in [-0.2, -0.15) is 0 Å². The Bertz CT molecular complexity index is 674. The summed E-state index contributed by atoms with van der Waals surface area (Å²) in [7, 11) is 0. The molecule has 5 nitrogen and oxygen atoms in total. The lowest BCUT2D eigenvalue weighted by Crippen LogP contribution is -2.68. The van der Waals surface area contributed by atoms with Gasteiger partial charge in [-0.15, -0.1) is 11.8 Å². The van der Waals surface area contributed by atoms with Crippen molar-refractivity contribution < 1.29 is 14.3 Å². The van der Waals surface area contributed by atoms with Crippen LogP contribution in [0.2, 0.25) is 0 Å². The Labute approximate surface area is 139 Å². The van der Waals surface area contributed by atoms with E-state index in [0.29, 0.717) is 0 Å². The second-order valence-corrected chi connectivity index (χ2v) is 8.07. The fraction of sp³-hybridized carbons (Fsp3) is 0.412. The fourth-order valence-corrected chi connectivity index (χ4v) is 4.68. The maximum atomic E-state index is 12.6. The summed E-state index contributed by atoms with van der Waals surface area (Å²) in [6.07, 6.45) is 1.73. The molecule has 0 spiro atoms. The Morgan fingerprint density at radius 1 is 1.48 bits per heavy atom. The molecule has 1 aromatic rings. The van der Waals surface area contributed by atoms with E-state index in [9.17, 15) is 9.59 Å². The van der Waals surface area contributed by atoms with Crippen LogP contribution in [0, 0.1) is 0 Å². The van der Waals surface area contributed by atoms with Crippen LogP contribution in [-0.2, 0) is 20.9 Å². The molecule has 2 aliphatic heterocycles. The number of nitrogens with two attached hydrogens (primary N) is 1. The van der Waals surface area contributed by atoms with Crippen LogP contribution in [0.1, 0.15) is 25.0 Å². The Kier molecular flexibility index (Phi) is 3.98. The third kappa shape index (κ3) is 2.56. The van der Waals surface area contributed by atoms with Crippen molar-refractivity contribution in [1.29, 1.82) is 0 Å². The second kappa shape index (κ2) is 5.69. The van der Waals surface area contributed by atoms with Crippen molar-refractivity contribution in [3.05, 3.63) is 42.0 Å². The van der Waals surface area contributed by atoms with Crippen molar-refractivity contribution in [2.45, 2.75) is 42.7 Å². The van der Waals surface area contributed by atoms with Gasteiger partial charge in [-0.25, -0.2) is 4.79 Å². The summed E-state index contributed by atoms with van der Waals surface area (Å²) in [4.78, 5) is 26.1. The predicted molar refractivity (Wildman–Crippen MR) is 90.4 cm³/mol. The van der Waals surface area contributed by atoms with Crippen LogP contribution in [0.15, 0.2) is 30.8 Å². The predicted octanol–water partition coefficient (Wildman–Crippen LogP) is 1.76. The summed E-state index contributed by atoms with van der Waals surface area (Å²) in [5, 5.41) is -0.129. The van der Waals surface area contributed by atoms with Gasteiger partial charge in [0, 0.05) is 4.75 Å². The van der Waals surface area contributed by atoms with E-state index in [-0.39, 0.29) is 23.9 Å². The van der Waals surface area contributed by atoms with E-state index in [1.165, 1.54) is 0 Å². The molecule has 1 unspecified atom stereocenters. The molecule has 1 aromatic carbocycles. The molecular formula is C17H20N2O3S. The third-order valence-electron chi connectivity index (χ3n) is 4.35. The zero-order valence-electron chi connectivity index (χ0n) is 13.2. The highest BCUT2D eigenvalue weighted by Crippen LogP contribution is 2.50. The lowest BCUT2D eigenvalue weighted by Gasteiger charge is -2.41. The summed E-state index contributed by atoms with van der Waals surface area (Å²) < 4.78 is 5.08. The first-order valence-electron chi connectivity index (χ1n) is 7.49. The number of nitrogens with zero attached hydrogens (tertiary/aromatic N) is 1. The average molecular weight is 332 g/mol. The first-order chi connectivity index (χ1) is 10.9. The monoisotopic (exact) mass is 332 g/mol. The Morgan fingerprint density at radius 3 is 2.87 bits per heavy atom. The number of hydrogen-bond acceptors (Lipinski definition) is 5. The molecule has 2 N–H and O–H groups in total. The van der Waals surface area contributed by atoms with Crippen LogP contribution in [-0.4, -0.2) is 39.0 Å². The van der Waals surface area contributed by atoms with Gasteiger partial charge in [0.25, 0.3) is 0 Å². The van der Waals surface area contributed by atoms with Crippen LogP contribution in [0.4, 0.5) is 0 Å². The van der Waals surface area contributed by atoms with Gasteiger partial charge in [0.05, 0.1) is 0 Å². The smallest absolute Gasteiger partial charge is 0.330 e. The molecule has 0 bridgehead atoms. The maximum Gasteiger partial charge on any atom is 0.330 e. The number of ether oxygens (including phenoxy) is 1. The Balaban J connectivity index is 1.73. The molecule has 3 atom stereocenters. The molecule has 122 valence electrons. The van der Waals surface area contributed by atoms with Crippen molar-refractivity contribution in [3.63, 3.8) is 0 Å². The van der Waals surface area contributed by atoms with E-state index in [1.54, 1.807) is 22.7 Å². The number of thioether (sulfide) groups is 1. The number of hydrogen-bond donors (Lipinski definition) is 1. The van der Waals surface area contributed by atoms with Crippen LogP contribution in [0.5, 0.6) is 0 Å². The highest BCUT2D eigenvalue weighted by atomic mass is 32.2. The van der Waals surface area contributed by atoms with Gasteiger partial charge in [0.2, 0.25) is 5.91 Å². The molecule has 1 amide bonds. The zero-order valence-corrected chi connectivity index (χ0v) is 14.0. The number of carbonyl (C=O) groups excluding carboxylic acids is 2. The number of fused-ring (bicyclic) bond motifs is 1. The topological polar surface area (TPSA) is 72.6 Å². The maximum absolute atomic E-state index is 12.6. The summed E-state index contributed by atoms with van der Waals surface area (Å²) in [6, 6.07) is 6.49. The van der Waals surface area contributed by atoms with Gasteiger partial charge in [0.15, 0.2) is 0 Å². The molecule has 0 radical (unpaired) electrons. The van der Waals surface area contributed by atoms with E-state index in [2.05, 4.69) is 6.58 Å². The number of rotatable bonds is 4. The van der Waals surface area contributed by atoms with Crippen molar-refractivity contribution in [3.8, 4) is 0 Å². The van der Waals surface area contributed by atoms with Gasteiger partial charge in [-0.3, -0.25) is 4.79 Å². The van der Waals surface area contributed by atoms with Gasteiger partial charge in [0.1, 0.15) is 24.1 Å². The summed E-state index contributed by atoms with van der Waals surface area (Å²) in [5.74, 6) is -0.564. The highest BCUT2D eigenvalue weighted by Gasteiger charge is 2.63. The minimum Gasteiger partial charge on any atom is -0.459 e. The van der Waals surface area contributed by atoms with Crippen LogP contribution in [0.3, 0.4) is 0 Å². The number of esters is 1. The fourth-order valence-electron chi connectivity index (χ4n) is 3.12. The van der Waals surface area contributed by atoms with Crippen LogP contribution < -0.4 is 5.73 Å². The molecular weight excluding hydrogens is 312 g/mol. The van der Waals surface area contributed by atoms with Crippen molar-refractivity contribution in [2.75, 3.05) is 0 Å². The Hall–Kier alpha value is -1.79. The zero-order chi connectivity index (χ0) is 16.8. The summed E-state index contributed by atoms with van der Waals surface area (Å²) in [6.45, 7) is 7.81. The van der Waals surface area contributed by atoms with Gasteiger partial charge < -0.3 is 15.4 Å². The molecule has 0 saturated carbocycles. The van der Waals surface area contributed by atoms with Gasteiger partial charge in [-0.05, 0) is 25.0 Å². The molecule has 2 aliphatic rings. The van der Waals surface area contributed by atoms with Crippen LogP contribution in [0.25, 0.3) is 6.08 Å². The minimum atomic E-state index is -0.597. The number of carbonyl (C=O) groups is 2. The van der Waals surface area contributed by atoms with Crippen molar-refractivity contribution in [1.82, 2.24) is 4.90 Å². The largest absolute Gasteiger partial charge is 0.459 e. The molecule has 23 heavy (non-hydrogen) atoms. The van der Waals surface area contributed by atoms with E-state index >= 15 is 0 Å². The molecule has 2 fully saturated rings. The standard InChI is InChI=1S/C17H20N2O3S/c1-4-10-7-5-6-8-11(10)9-22-16(21)13-17(2,3)23-15-12(18)14(20)19(13)15/h4-8,12-13,15H,1,9,18H2,2-3H3/t12?,13-,15+/m0/s1. The van der Waals surface area contributed by atoms with Gasteiger partial charge >= 0.3 is 5.97 Å². The molecule has 0 aromatic heterocycles. The first kappa shape index (κ1) is 16.1. The van der Waals surface area contributed by atoms with E-state index in [1.807, 2.05) is 38.1 Å². The molecule has 2 saturated heterocycles. The quantitative estimate of drug-likeness (QED) is 0.672. The lowest BCUT2D eigenvalue weighted by atomic mass is 9.96. The second-order valence-electron chi connectivity index (χ2n) is 6.30. The summed E-state index contributed by atoms with van der Waals surface area (Å²) >= 11 is 1.56. The summed E-state index contributed by atoms with van der Waals surface area (Å²) in [5.41, 5.74) is 7.64. The SMILES string of the molecule is C=Cc1ccccc1COC(=O)[C@@H]1N2C(=O)C(N)[C@H]2SC1(C)C. The van der Waals surface area contributed by atoms with Gasteiger partial charge in [-0.1, -0.05) is 36.9 Å². The molecule has 0 aliphatic carbocycles. The third-order valence-corrected chi connectivity index (χ3v) is 5.94. The number of amides is 1. The minimum absolute atomic E-state index is 0.129. The van der Waals surface area contributed by atoms with Crippen molar-refractivity contribution >= 4 is 29.7 Å². The van der Waals surface area contributed by atoms with E-state index in [0.717, 1.165) is 11.1 Å². The number of β-lactam (4-membered cyclic amide) rings is 1.